The summed E-state index contributed by atoms with van der Waals surface area (Å²) in [5, 5.41) is 4.64. The Morgan fingerprint density at radius 2 is 2.04 bits per heavy atom. The number of carbonyl (C=O) groups excluding carboxylic acids is 2. The lowest BCUT2D eigenvalue weighted by atomic mass is 10.3. The van der Waals surface area contributed by atoms with Gasteiger partial charge in [0.1, 0.15) is 11.5 Å². The van der Waals surface area contributed by atoms with Gasteiger partial charge in [0.25, 0.3) is 5.91 Å². The van der Waals surface area contributed by atoms with Crippen molar-refractivity contribution in [2.45, 2.75) is 6.42 Å². The largest absolute Gasteiger partial charge is 0.369 e. The van der Waals surface area contributed by atoms with Crippen LogP contribution in [0.1, 0.15) is 16.2 Å². The molecule has 0 spiro atoms. The maximum atomic E-state index is 13.0. The topological polar surface area (TPSA) is 103 Å². The average molecular weight is 345 g/mol. The molecule has 122 valence electrons. The molecule has 24 heavy (non-hydrogen) atoms. The summed E-state index contributed by atoms with van der Waals surface area (Å²) in [6.45, 7) is 0. The highest BCUT2D eigenvalue weighted by Crippen LogP contribution is 2.18. The van der Waals surface area contributed by atoms with Crippen molar-refractivity contribution in [3.8, 4) is 5.69 Å². The number of nitrogens with two attached hydrogens (primary N) is 1. The van der Waals surface area contributed by atoms with Crippen LogP contribution in [0.3, 0.4) is 0 Å². The molecule has 0 bridgehead atoms. The maximum absolute atomic E-state index is 13.0. The van der Waals surface area contributed by atoms with E-state index in [4.69, 9.17) is 5.73 Å². The van der Waals surface area contributed by atoms with Crippen molar-refractivity contribution >= 4 is 28.3 Å². The van der Waals surface area contributed by atoms with Crippen LogP contribution in [0.15, 0.2) is 42.2 Å². The molecule has 0 aliphatic heterocycles. The van der Waals surface area contributed by atoms with E-state index >= 15 is 0 Å². The number of imidazole rings is 1. The van der Waals surface area contributed by atoms with E-state index < -0.39 is 11.8 Å². The quantitative estimate of drug-likeness (QED) is 0.735. The fourth-order valence-electron chi connectivity index (χ4n) is 2.06. The van der Waals surface area contributed by atoms with Crippen molar-refractivity contribution in [2.75, 3.05) is 5.32 Å². The zero-order valence-corrected chi connectivity index (χ0v) is 13.1. The van der Waals surface area contributed by atoms with Gasteiger partial charge in [0, 0.05) is 11.1 Å². The van der Waals surface area contributed by atoms with Crippen molar-refractivity contribution in [1.82, 2.24) is 14.5 Å². The SMILES string of the molecule is NC(=O)Cc1csc(NC(=O)c2cncn2-c2ccc(F)cc2)n1. The molecular weight excluding hydrogens is 333 g/mol. The number of aromatic nitrogens is 3. The molecule has 0 saturated heterocycles. The van der Waals surface area contributed by atoms with E-state index in [1.807, 2.05) is 0 Å². The minimum atomic E-state index is -0.493. The van der Waals surface area contributed by atoms with E-state index in [0.717, 1.165) is 0 Å². The van der Waals surface area contributed by atoms with Gasteiger partial charge in [-0.25, -0.2) is 14.4 Å². The molecule has 0 aliphatic rings. The lowest BCUT2D eigenvalue weighted by Crippen LogP contribution is -2.16. The van der Waals surface area contributed by atoms with Gasteiger partial charge in [-0.15, -0.1) is 11.3 Å². The first-order valence-electron chi connectivity index (χ1n) is 6.85. The third-order valence-electron chi connectivity index (χ3n) is 3.10. The summed E-state index contributed by atoms with van der Waals surface area (Å²) in [7, 11) is 0. The average Bonchev–Trinajstić information content (AvgIpc) is 3.17. The monoisotopic (exact) mass is 345 g/mol. The van der Waals surface area contributed by atoms with Crippen LogP contribution >= 0.6 is 11.3 Å². The van der Waals surface area contributed by atoms with Crippen molar-refractivity contribution in [3.63, 3.8) is 0 Å². The van der Waals surface area contributed by atoms with Crippen molar-refractivity contribution in [1.29, 1.82) is 0 Å². The summed E-state index contributed by atoms with van der Waals surface area (Å²) in [6.07, 6.45) is 2.87. The molecule has 0 atom stereocenters. The third-order valence-corrected chi connectivity index (χ3v) is 3.91. The molecule has 3 N–H and O–H groups in total. The Labute approximate surface area is 140 Å². The molecule has 0 unspecified atom stereocenters. The summed E-state index contributed by atoms with van der Waals surface area (Å²) >= 11 is 1.19. The predicted octanol–water partition coefficient (Wildman–Crippen LogP) is 1.75. The Kier molecular flexibility index (Phi) is 4.34. The Morgan fingerprint density at radius 3 is 2.75 bits per heavy atom. The number of rotatable bonds is 5. The van der Waals surface area contributed by atoms with Crippen LogP contribution in [0.5, 0.6) is 0 Å². The first-order chi connectivity index (χ1) is 11.5. The fraction of sp³-hybridized carbons (Fsp3) is 0.0667. The second-order valence-corrected chi connectivity index (χ2v) is 5.72. The van der Waals surface area contributed by atoms with Gasteiger partial charge in [-0.1, -0.05) is 0 Å². The molecule has 2 heterocycles. The van der Waals surface area contributed by atoms with Crippen LogP contribution in [0, 0.1) is 5.82 Å². The highest BCUT2D eigenvalue weighted by Gasteiger charge is 2.15. The number of benzene rings is 1. The molecule has 2 amide bonds. The summed E-state index contributed by atoms with van der Waals surface area (Å²) < 4.78 is 14.6. The standard InChI is InChI=1S/C15H12FN5O2S/c16-9-1-3-11(4-2-9)21-8-18-6-12(21)14(23)20-15-19-10(7-24-15)5-13(17)22/h1-4,6-8H,5H2,(H2,17,22)(H,19,20,23). The normalized spacial score (nSPS) is 10.5. The summed E-state index contributed by atoms with van der Waals surface area (Å²) in [5.74, 6) is -1.28. The molecule has 0 aliphatic carbocycles. The maximum Gasteiger partial charge on any atom is 0.276 e. The zero-order valence-electron chi connectivity index (χ0n) is 12.3. The Hall–Kier alpha value is -3.07. The molecule has 0 radical (unpaired) electrons. The highest BCUT2D eigenvalue weighted by atomic mass is 32.1. The molecule has 0 saturated carbocycles. The highest BCUT2D eigenvalue weighted by molar-refractivity contribution is 7.14. The Balaban J connectivity index is 1.79. The van der Waals surface area contributed by atoms with Crippen molar-refractivity contribution in [2.24, 2.45) is 5.73 Å². The number of halogens is 1. The Bertz CT molecular complexity index is 887. The van der Waals surface area contributed by atoms with Crippen LogP contribution < -0.4 is 11.1 Å². The van der Waals surface area contributed by atoms with Gasteiger partial charge in [0.15, 0.2) is 5.13 Å². The predicted molar refractivity (Wildman–Crippen MR) is 86.5 cm³/mol. The van der Waals surface area contributed by atoms with E-state index in [1.165, 1.54) is 40.6 Å². The summed E-state index contributed by atoms with van der Waals surface area (Å²) in [4.78, 5) is 31.3. The van der Waals surface area contributed by atoms with E-state index in [-0.39, 0.29) is 17.9 Å². The smallest absolute Gasteiger partial charge is 0.276 e. The number of thiazole rings is 1. The Morgan fingerprint density at radius 1 is 1.29 bits per heavy atom. The summed E-state index contributed by atoms with van der Waals surface area (Å²) in [5.41, 5.74) is 6.48. The second-order valence-electron chi connectivity index (χ2n) is 4.87. The number of amides is 2. The number of hydrogen-bond acceptors (Lipinski definition) is 5. The minimum Gasteiger partial charge on any atom is -0.369 e. The van der Waals surface area contributed by atoms with Crippen LogP contribution in [0.25, 0.3) is 5.69 Å². The first-order valence-corrected chi connectivity index (χ1v) is 7.73. The molecule has 3 aromatic rings. The number of anilines is 1. The van der Waals surface area contributed by atoms with Crippen molar-refractivity contribution < 1.29 is 14.0 Å². The van der Waals surface area contributed by atoms with Crippen LogP contribution in [-0.4, -0.2) is 26.3 Å². The number of hydrogen-bond donors (Lipinski definition) is 2. The van der Waals surface area contributed by atoms with Crippen LogP contribution in [0.2, 0.25) is 0 Å². The van der Waals surface area contributed by atoms with E-state index in [1.54, 1.807) is 17.5 Å². The number of nitrogens with zero attached hydrogens (tertiary/aromatic N) is 3. The van der Waals surface area contributed by atoms with Crippen LogP contribution in [-0.2, 0) is 11.2 Å². The molecule has 2 aromatic heterocycles. The zero-order chi connectivity index (χ0) is 17.1. The van der Waals surface area contributed by atoms with Gasteiger partial charge in [0.05, 0.1) is 24.6 Å². The second kappa shape index (κ2) is 6.59. The van der Waals surface area contributed by atoms with Crippen LogP contribution in [0.4, 0.5) is 9.52 Å². The first kappa shape index (κ1) is 15.8. The lowest BCUT2D eigenvalue weighted by molar-refractivity contribution is -0.117. The fourth-order valence-corrected chi connectivity index (χ4v) is 2.76. The van der Waals surface area contributed by atoms with E-state index in [2.05, 4.69) is 15.3 Å². The van der Waals surface area contributed by atoms with E-state index in [9.17, 15) is 14.0 Å². The number of nitrogens with one attached hydrogen (secondary N) is 1. The minimum absolute atomic E-state index is 0.0138. The number of carbonyl (C=O) groups is 2. The van der Waals surface area contributed by atoms with Crippen molar-refractivity contribution in [3.05, 3.63) is 59.4 Å². The van der Waals surface area contributed by atoms with Gasteiger partial charge in [-0.05, 0) is 24.3 Å². The van der Waals surface area contributed by atoms with Gasteiger partial charge in [0.2, 0.25) is 5.91 Å². The third kappa shape index (κ3) is 3.46. The van der Waals surface area contributed by atoms with Gasteiger partial charge in [-0.3, -0.25) is 19.5 Å². The molecular formula is C15H12FN5O2S. The van der Waals surface area contributed by atoms with Gasteiger partial charge < -0.3 is 5.73 Å². The van der Waals surface area contributed by atoms with E-state index in [0.29, 0.717) is 16.5 Å². The molecule has 3 rings (SSSR count). The van der Waals surface area contributed by atoms with Gasteiger partial charge >= 0.3 is 0 Å². The molecule has 0 fully saturated rings. The lowest BCUT2D eigenvalue weighted by Gasteiger charge is -2.07. The molecule has 9 heteroatoms. The van der Waals surface area contributed by atoms with Gasteiger partial charge in [-0.2, -0.15) is 0 Å². The summed E-state index contributed by atoms with van der Waals surface area (Å²) in [6, 6.07) is 5.69. The molecule has 1 aromatic carbocycles. The molecule has 7 nitrogen and oxygen atoms in total. The number of primary amides is 1.